The Morgan fingerprint density at radius 2 is 2.00 bits per heavy atom. The monoisotopic (exact) mass is 367 g/mol. The summed E-state index contributed by atoms with van der Waals surface area (Å²) in [6.07, 6.45) is 3.20. The van der Waals surface area contributed by atoms with Crippen molar-refractivity contribution in [3.63, 3.8) is 0 Å². The summed E-state index contributed by atoms with van der Waals surface area (Å²) in [7, 11) is 3.63. The van der Waals surface area contributed by atoms with Gasteiger partial charge in [0, 0.05) is 18.8 Å². The van der Waals surface area contributed by atoms with Gasteiger partial charge >= 0.3 is 0 Å². The number of thiocarbonyl (C=S) groups is 1. The highest BCUT2D eigenvalue weighted by Crippen LogP contribution is 2.22. The van der Waals surface area contributed by atoms with E-state index in [1.807, 2.05) is 48.3 Å². The fourth-order valence-electron chi connectivity index (χ4n) is 2.56. The maximum atomic E-state index is 5.56. The second-order valence-corrected chi connectivity index (χ2v) is 6.27. The maximum absolute atomic E-state index is 5.56. The smallest absolute Gasteiger partial charge is 0.173 e. The van der Waals surface area contributed by atoms with Crippen LogP contribution in [0.15, 0.2) is 61.2 Å². The molecule has 7 heteroatoms. The van der Waals surface area contributed by atoms with Crippen molar-refractivity contribution >= 4 is 23.0 Å². The lowest BCUT2D eigenvalue weighted by molar-refractivity contribution is 0.408. The second-order valence-electron chi connectivity index (χ2n) is 5.88. The molecule has 0 radical (unpaired) electrons. The van der Waals surface area contributed by atoms with E-state index < -0.39 is 0 Å². The number of nitrogens with zero attached hydrogens (tertiary/aromatic N) is 4. The molecule has 3 rings (SSSR count). The molecule has 1 N–H and O–H groups in total. The van der Waals surface area contributed by atoms with Crippen LogP contribution in [0, 0.1) is 0 Å². The Morgan fingerprint density at radius 1 is 1.23 bits per heavy atom. The molecular weight excluding hydrogens is 346 g/mol. The summed E-state index contributed by atoms with van der Waals surface area (Å²) in [5.41, 5.74) is 3.03. The molecule has 3 aromatic rings. The van der Waals surface area contributed by atoms with E-state index >= 15 is 0 Å². The van der Waals surface area contributed by atoms with Crippen LogP contribution in [0.4, 0.5) is 5.69 Å². The van der Waals surface area contributed by atoms with Crippen molar-refractivity contribution < 1.29 is 4.74 Å². The van der Waals surface area contributed by atoms with E-state index in [9.17, 15) is 0 Å². The van der Waals surface area contributed by atoms with Crippen molar-refractivity contribution in [1.82, 2.24) is 19.7 Å². The van der Waals surface area contributed by atoms with Gasteiger partial charge < -0.3 is 15.0 Å². The average molecular weight is 367 g/mol. The molecule has 0 amide bonds. The first-order valence-electron chi connectivity index (χ1n) is 8.21. The van der Waals surface area contributed by atoms with E-state index in [4.69, 9.17) is 17.0 Å². The summed E-state index contributed by atoms with van der Waals surface area (Å²) in [5.74, 6) is 0.789. The van der Waals surface area contributed by atoms with Crippen LogP contribution in [0.5, 0.6) is 5.75 Å². The molecule has 0 unspecified atom stereocenters. The molecular formula is C19H21N5OS. The van der Waals surface area contributed by atoms with Gasteiger partial charge in [0.1, 0.15) is 18.4 Å². The molecule has 0 fully saturated rings. The van der Waals surface area contributed by atoms with Crippen LogP contribution in [0.2, 0.25) is 0 Å². The maximum Gasteiger partial charge on any atom is 0.173 e. The first kappa shape index (κ1) is 17.9. The molecule has 6 nitrogen and oxygen atoms in total. The Balaban J connectivity index is 1.68. The molecule has 0 saturated carbocycles. The van der Waals surface area contributed by atoms with Gasteiger partial charge in [-0.05, 0) is 49.0 Å². The fraction of sp³-hybridized carbons (Fsp3) is 0.211. The van der Waals surface area contributed by atoms with Gasteiger partial charge in [-0.2, -0.15) is 5.10 Å². The van der Waals surface area contributed by atoms with E-state index in [0.29, 0.717) is 5.11 Å². The Hall–Kier alpha value is -2.93. The van der Waals surface area contributed by atoms with Crippen molar-refractivity contribution in [3.8, 4) is 11.4 Å². The third-order valence-electron chi connectivity index (χ3n) is 4.28. The van der Waals surface area contributed by atoms with Crippen molar-refractivity contribution in [2.24, 2.45) is 0 Å². The summed E-state index contributed by atoms with van der Waals surface area (Å²) in [6.45, 7) is 2.12. The van der Waals surface area contributed by atoms with Crippen molar-refractivity contribution in [2.75, 3.05) is 19.5 Å². The number of methoxy groups -OCH3 is 1. The minimum atomic E-state index is 0.116. The lowest BCUT2D eigenvalue weighted by Crippen LogP contribution is -2.33. The van der Waals surface area contributed by atoms with Crippen molar-refractivity contribution in [3.05, 3.63) is 66.7 Å². The highest BCUT2D eigenvalue weighted by atomic mass is 32.1. The largest absolute Gasteiger partial charge is 0.497 e. The van der Waals surface area contributed by atoms with Crippen molar-refractivity contribution in [1.29, 1.82) is 0 Å². The summed E-state index contributed by atoms with van der Waals surface area (Å²) >= 11 is 5.56. The van der Waals surface area contributed by atoms with Gasteiger partial charge in [-0.15, -0.1) is 0 Å². The molecule has 0 aliphatic heterocycles. The van der Waals surface area contributed by atoms with Crippen LogP contribution in [0.3, 0.4) is 0 Å². The number of ether oxygens (including phenoxy) is 1. The van der Waals surface area contributed by atoms with Gasteiger partial charge in [-0.1, -0.05) is 18.2 Å². The quantitative estimate of drug-likeness (QED) is 0.695. The molecule has 0 saturated heterocycles. The Labute approximate surface area is 158 Å². The first-order valence-corrected chi connectivity index (χ1v) is 8.62. The fourth-order valence-corrected chi connectivity index (χ4v) is 2.84. The summed E-state index contributed by atoms with van der Waals surface area (Å²) in [5, 5.41) is 8.04. The topological polar surface area (TPSA) is 55.2 Å². The van der Waals surface area contributed by atoms with Crippen LogP contribution in [0.25, 0.3) is 5.69 Å². The first-order chi connectivity index (χ1) is 12.6. The van der Waals surface area contributed by atoms with E-state index in [-0.39, 0.29) is 6.04 Å². The molecule has 0 bridgehead atoms. The zero-order valence-corrected chi connectivity index (χ0v) is 15.8. The van der Waals surface area contributed by atoms with E-state index in [1.54, 1.807) is 18.1 Å². The molecule has 1 atom stereocenters. The van der Waals surface area contributed by atoms with Crippen LogP contribution >= 0.6 is 12.2 Å². The average Bonchev–Trinajstić information content (AvgIpc) is 3.22. The highest BCUT2D eigenvalue weighted by molar-refractivity contribution is 7.80. The number of benzene rings is 2. The second kappa shape index (κ2) is 7.97. The van der Waals surface area contributed by atoms with Crippen LogP contribution < -0.4 is 10.1 Å². The minimum Gasteiger partial charge on any atom is -0.497 e. The molecule has 0 aliphatic carbocycles. The number of aromatic nitrogens is 3. The van der Waals surface area contributed by atoms with Gasteiger partial charge in [-0.3, -0.25) is 0 Å². The zero-order chi connectivity index (χ0) is 18.5. The van der Waals surface area contributed by atoms with E-state index in [0.717, 1.165) is 22.7 Å². The zero-order valence-electron chi connectivity index (χ0n) is 15.0. The minimum absolute atomic E-state index is 0.116. The molecule has 1 heterocycles. The lowest BCUT2D eigenvalue weighted by atomic mass is 10.1. The van der Waals surface area contributed by atoms with Gasteiger partial charge in [0.2, 0.25) is 0 Å². The van der Waals surface area contributed by atoms with Crippen LogP contribution in [-0.2, 0) is 0 Å². The highest BCUT2D eigenvalue weighted by Gasteiger charge is 2.15. The SMILES string of the molecule is COc1cccc(NC(=S)N(C)[C@H](C)c2ccc(-n3cncn3)cc2)c1. The summed E-state index contributed by atoms with van der Waals surface area (Å²) in [6, 6.07) is 16.0. The van der Waals surface area contributed by atoms with Crippen LogP contribution in [-0.4, -0.2) is 38.9 Å². The van der Waals surface area contributed by atoms with Gasteiger partial charge in [-0.25, -0.2) is 9.67 Å². The number of hydrogen-bond donors (Lipinski definition) is 1. The van der Waals surface area contributed by atoms with Gasteiger partial charge in [0.05, 0.1) is 18.8 Å². The molecule has 2 aromatic carbocycles. The summed E-state index contributed by atoms with van der Waals surface area (Å²) in [4.78, 5) is 6.00. The van der Waals surface area contributed by atoms with Gasteiger partial charge in [0.15, 0.2) is 5.11 Å². The van der Waals surface area contributed by atoms with Crippen LogP contribution in [0.1, 0.15) is 18.5 Å². The normalized spacial score (nSPS) is 11.7. The standard InChI is InChI=1S/C19H21N5OS/c1-14(15-7-9-17(10-8-15)24-13-20-12-21-24)23(2)19(26)22-16-5-4-6-18(11-16)25-3/h4-14H,1-3H3,(H,22,26)/t14-/m1/s1. The lowest BCUT2D eigenvalue weighted by Gasteiger charge is -2.28. The number of nitrogens with one attached hydrogen (secondary N) is 1. The molecule has 26 heavy (non-hydrogen) atoms. The molecule has 0 aliphatic rings. The van der Waals surface area contributed by atoms with E-state index in [2.05, 4.69) is 34.5 Å². The third-order valence-corrected chi connectivity index (χ3v) is 4.67. The van der Waals surface area contributed by atoms with E-state index in [1.165, 1.54) is 6.33 Å². The predicted octanol–water partition coefficient (Wildman–Crippen LogP) is 3.67. The van der Waals surface area contributed by atoms with Crippen molar-refractivity contribution in [2.45, 2.75) is 13.0 Å². The third kappa shape index (κ3) is 4.00. The Kier molecular flexibility index (Phi) is 5.48. The number of hydrogen-bond acceptors (Lipinski definition) is 4. The molecule has 0 spiro atoms. The number of rotatable bonds is 5. The summed E-state index contributed by atoms with van der Waals surface area (Å²) < 4.78 is 6.98. The predicted molar refractivity (Wildman–Crippen MR) is 107 cm³/mol. The molecule has 1 aromatic heterocycles. The number of anilines is 1. The van der Waals surface area contributed by atoms with Gasteiger partial charge in [0.25, 0.3) is 0 Å². The molecule has 134 valence electrons. The Bertz CT molecular complexity index is 864. The Morgan fingerprint density at radius 3 is 2.65 bits per heavy atom.